The van der Waals surface area contributed by atoms with Gasteiger partial charge in [0.05, 0.1) is 57.8 Å². The summed E-state index contributed by atoms with van der Waals surface area (Å²) < 4.78 is 80.4. The summed E-state index contributed by atoms with van der Waals surface area (Å²) in [7, 11) is -5.13. The smallest absolute Gasteiger partial charge is 0.397 e. The Morgan fingerprint density at radius 2 is 1.24 bits per heavy atom. The fourth-order valence-electron chi connectivity index (χ4n) is 8.57. The van der Waals surface area contributed by atoms with Crippen LogP contribution in [0.25, 0.3) is 0 Å². The molecule has 4 rings (SSSR count). The van der Waals surface area contributed by atoms with Crippen molar-refractivity contribution in [1.82, 2.24) is 16.0 Å². The molecule has 0 aromatic carbocycles. The number of carbonyl (C=O) groups is 4. The average Bonchev–Trinajstić information content (AvgIpc) is 3.34. The molecule has 4 heterocycles. The van der Waals surface area contributed by atoms with Gasteiger partial charge in [0.15, 0.2) is 18.9 Å². The fourth-order valence-corrected chi connectivity index (χ4v) is 8.88. The Bertz CT molecular complexity index is 1980. The summed E-state index contributed by atoms with van der Waals surface area (Å²) in [6, 6.07) is -5.30. The minimum absolute atomic E-state index is 0.814. The molecule has 0 bridgehead atoms. The van der Waals surface area contributed by atoms with Crippen LogP contribution in [0.15, 0.2) is 0 Å². The largest absolute Gasteiger partial charge is 0.477 e. The molecule has 0 unspecified atom stereocenters. The summed E-state index contributed by atoms with van der Waals surface area (Å²) in [6.07, 6.45) is -45.4. The van der Waals surface area contributed by atoms with Crippen LogP contribution >= 0.6 is 0 Å². The highest BCUT2D eigenvalue weighted by molar-refractivity contribution is 7.80. The van der Waals surface area contributed by atoms with E-state index in [9.17, 15) is 109 Å². The van der Waals surface area contributed by atoms with Crippen LogP contribution in [-0.2, 0) is 71.7 Å². The average molecular weight is 1120 g/mol. The molecule has 0 saturated carbocycles. The molecule has 4 fully saturated rings. The molecule has 0 radical (unpaired) electrons. The van der Waals surface area contributed by atoms with Crippen molar-refractivity contribution in [3.05, 3.63) is 0 Å². The normalized spacial score (nSPS) is 39.0. The van der Waals surface area contributed by atoms with E-state index in [0.717, 1.165) is 20.8 Å². The van der Waals surface area contributed by atoms with Gasteiger partial charge in [0.1, 0.15) is 110 Å². The SMILES string of the molecule is CC(=O)N[C@H]1[C@H](O[C@H]2[C@@H](O)[C@@H](CO)O[C@@H](O[C@@H]([C@@H](O)[C@H](O)CO[C@]3(C(=O)O)C[C@H](O)[C@@H](NC(C)=O)[C@H]([C@H](O)[C@H](O)CO)O3)[C@H](CO)NC(C)=O)[C@@H]2O)O[C@H](CO)[C@@H](O[C@@H]2O[C@H](COS(=O)(=O)O)[C@H](O)[C@H](O)[C@H]2O)[C@@H]1O. The molecule has 35 nitrogen and oxygen atoms in total. The highest BCUT2D eigenvalue weighted by Crippen LogP contribution is 2.36. The number of hydrogen-bond donors (Lipinski definition) is 20. The van der Waals surface area contributed by atoms with E-state index in [1.807, 2.05) is 0 Å². The minimum Gasteiger partial charge on any atom is -0.477 e. The number of aliphatic hydroxyl groups is 15. The van der Waals surface area contributed by atoms with E-state index < -0.39 is 233 Å². The van der Waals surface area contributed by atoms with E-state index in [1.54, 1.807) is 0 Å². The van der Waals surface area contributed by atoms with E-state index in [0.29, 0.717) is 0 Å². The highest BCUT2D eigenvalue weighted by Gasteiger charge is 2.58. The number of carbonyl (C=O) groups excluding carboxylic acids is 3. The summed E-state index contributed by atoms with van der Waals surface area (Å²) in [4.78, 5) is 49.4. The van der Waals surface area contributed by atoms with Crippen LogP contribution in [0.1, 0.15) is 27.2 Å². The zero-order valence-corrected chi connectivity index (χ0v) is 40.8. The Labute approximate surface area is 424 Å². The zero-order chi connectivity index (χ0) is 56.6. The number of carboxylic acids is 1. The van der Waals surface area contributed by atoms with Gasteiger partial charge < -0.3 is 136 Å². The van der Waals surface area contributed by atoms with Crippen LogP contribution in [0.3, 0.4) is 0 Å². The number of hydrogen-bond acceptors (Lipinski definition) is 30. The first-order valence-electron chi connectivity index (χ1n) is 22.8. The molecule has 3 amide bonds. The van der Waals surface area contributed by atoms with Gasteiger partial charge in [0.25, 0.3) is 5.79 Å². The molecule has 36 heteroatoms. The molecule has 4 aliphatic heterocycles. The van der Waals surface area contributed by atoms with Gasteiger partial charge in [-0.2, -0.15) is 8.42 Å². The zero-order valence-electron chi connectivity index (χ0n) is 39.9. The van der Waals surface area contributed by atoms with Crippen LogP contribution in [0, 0.1) is 0 Å². The summed E-state index contributed by atoms with van der Waals surface area (Å²) in [5, 5.41) is 178. The van der Waals surface area contributed by atoms with E-state index >= 15 is 0 Å². The van der Waals surface area contributed by atoms with Crippen molar-refractivity contribution < 1.29 is 156 Å². The second-order valence-corrected chi connectivity index (χ2v) is 19.0. The molecular formula is C39H67N3O32S. The second kappa shape index (κ2) is 27.6. The van der Waals surface area contributed by atoms with Gasteiger partial charge in [-0.1, -0.05) is 0 Å². The van der Waals surface area contributed by atoms with Gasteiger partial charge in [-0.25, -0.2) is 8.98 Å². The van der Waals surface area contributed by atoms with E-state index in [-0.39, 0.29) is 0 Å². The van der Waals surface area contributed by atoms with Crippen molar-refractivity contribution in [2.24, 2.45) is 0 Å². The number of rotatable bonds is 25. The number of aliphatic hydroxyl groups excluding tert-OH is 15. The lowest BCUT2D eigenvalue weighted by molar-refractivity contribution is -0.371. The summed E-state index contributed by atoms with van der Waals surface area (Å²) in [6.45, 7) is -4.12. The quantitative estimate of drug-likeness (QED) is 0.0378. The summed E-state index contributed by atoms with van der Waals surface area (Å²) >= 11 is 0. The van der Waals surface area contributed by atoms with Crippen molar-refractivity contribution in [3.63, 3.8) is 0 Å². The molecule has 0 aromatic rings. The third-order valence-electron chi connectivity index (χ3n) is 12.4. The number of aliphatic carboxylic acids is 1. The minimum atomic E-state index is -5.13. The second-order valence-electron chi connectivity index (χ2n) is 17.9. The Hall–Kier alpha value is -3.17. The van der Waals surface area contributed by atoms with Crippen molar-refractivity contribution in [1.29, 1.82) is 0 Å². The number of ether oxygens (including phenoxy) is 8. The lowest BCUT2D eigenvalue weighted by Gasteiger charge is -2.49. The Kier molecular flexibility index (Phi) is 23.7. The predicted octanol–water partition coefficient (Wildman–Crippen LogP) is -12.8. The lowest BCUT2D eigenvalue weighted by atomic mass is 9.88. The fraction of sp³-hybridized carbons (Fsp3) is 0.897. The number of carboxylic acid groups (broad SMARTS) is 1. The van der Waals surface area contributed by atoms with E-state index in [4.69, 9.17) is 42.4 Å². The first-order valence-corrected chi connectivity index (χ1v) is 24.2. The third kappa shape index (κ3) is 16.0. The maximum absolute atomic E-state index is 12.7. The van der Waals surface area contributed by atoms with Crippen molar-refractivity contribution >= 4 is 34.1 Å². The first kappa shape index (κ1) is 64.4. The maximum Gasteiger partial charge on any atom is 0.397 e. The molecule has 4 aliphatic rings. The molecule has 25 atom stereocenters. The number of nitrogens with one attached hydrogen (secondary N) is 3. The van der Waals surface area contributed by atoms with Gasteiger partial charge in [-0.05, 0) is 0 Å². The number of amides is 3. The van der Waals surface area contributed by atoms with Crippen molar-refractivity contribution in [3.8, 4) is 0 Å². The van der Waals surface area contributed by atoms with Crippen LogP contribution in [0.4, 0.5) is 0 Å². The van der Waals surface area contributed by atoms with Gasteiger partial charge in [0.2, 0.25) is 17.7 Å². The van der Waals surface area contributed by atoms with Crippen LogP contribution < -0.4 is 16.0 Å². The molecular weight excluding hydrogens is 1050 g/mol. The topological polar surface area (TPSA) is 565 Å². The van der Waals surface area contributed by atoms with Gasteiger partial charge in [-0.15, -0.1) is 0 Å². The van der Waals surface area contributed by atoms with Crippen LogP contribution in [0.5, 0.6) is 0 Å². The first-order chi connectivity index (χ1) is 34.9. The molecule has 4 saturated heterocycles. The molecule has 0 spiro atoms. The van der Waals surface area contributed by atoms with Crippen LogP contribution in [0.2, 0.25) is 0 Å². The summed E-state index contributed by atoms with van der Waals surface area (Å²) in [5.74, 6) is -7.73. The molecule has 75 heavy (non-hydrogen) atoms. The maximum atomic E-state index is 12.7. The Morgan fingerprint density at radius 3 is 1.77 bits per heavy atom. The van der Waals surface area contributed by atoms with E-state index in [2.05, 4.69) is 20.1 Å². The summed E-state index contributed by atoms with van der Waals surface area (Å²) in [5.41, 5.74) is 0. The molecule has 0 aliphatic carbocycles. The molecule has 20 N–H and O–H groups in total. The standard InChI is InChI=1S/C39H67N3O32S/c1-11(47)40-14(5-43)31(24(54)17(52)9-66-39(38(61)62)4-15(50)21(41-12(2)48)33(74-39)23(53)16(51)6-44)71-37-30(60)34(26(56)18(7-45)68-37)73-35-22(42-13(3)49)27(57)32(19(8-46)69-35)72-36-29(59)28(58)25(55)20(70-36)10-67-75(63,64)65/h14-37,43-46,50-60H,4-10H2,1-3H3,(H,40,47)(H,41,48)(H,42,49)(H,61,62)(H,63,64,65)/t14-,15-,16+,17+,18+,19+,20+,21+,22+,23+,24-,25-,26-,27+,28-,29+,30+,31+,32+,33+,34-,35-,36-,37-,39+/m0/s1. The Balaban J connectivity index is 1.62. The van der Waals surface area contributed by atoms with Gasteiger partial charge >= 0.3 is 16.4 Å². The Morgan fingerprint density at radius 1 is 0.667 bits per heavy atom. The van der Waals surface area contributed by atoms with Gasteiger partial charge in [-0.3, -0.25) is 18.9 Å². The van der Waals surface area contributed by atoms with Gasteiger partial charge in [0, 0.05) is 27.2 Å². The molecule has 0 aromatic heterocycles. The van der Waals surface area contributed by atoms with Crippen LogP contribution in [-0.4, -0.2) is 311 Å². The predicted molar refractivity (Wildman–Crippen MR) is 231 cm³/mol. The van der Waals surface area contributed by atoms with Crippen molar-refractivity contribution in [2.45, 2.75) is 180 Å². The third-order valence-corrected chi connectivity index (χ3v) is 12.8. The van der Waals surface area contributed by atoms with E-state index in [1.165, 1.54) is 0 Å². The molecule has 436 valence electrons. The van der Waals surface area contributed by atoms with Crippen molar-refractivity contribution in [2.75, 3.05) is 39.6 Å². The highest BCUT2D eigenvalue weighted by atomic mass is 32.3. The lowest BCUT2D eigenvalue weighted by Crippen LogP contribution is -2.69. The monoisotopic (exact) mass is 1120 g/mol.